The highest BCUT2D eigenvalue weighted by atomic mass is 79.9. The molecule has 0 aromatic heterocycles. The Hall–Kier alpha value is -3.83. The molecule has 5 amide bonds. The summed E-state index contributed by atoms with van der Waals surface area (Å²) in [5.41, 5.74) is 1.67. The lowest BCUT2D eigenvalue weighted by Gasteiger charge is -2.26. The van der Waals surface area contributed by atoms with Gasteiger partial charge in [-0.15, -0.1) is 0 Å². The van der Waals surface area contributed by atoms with E-state index in [-0.39, 0.29) is 29.2 Å². The molecule has 1 aliphatic rings. The molecule has 0 saturated carbocycles. The fourth-order valence-electron chi connectivity index (χ4n) is 3.45. The third kappa shape index (κ3) is 6.12. The molecule has 0 aliphatic carbocycles. The Morgan fingerprint density at radius 3 is 2.41 bits per heavy atom. The SMILES string of the molecule is Cc1ccc(NC(=O)COc2c(Br)cc(Br)cc2/C=C2\C(=O)NC(=O)N(c3ccc(F)cc3)C2=O)cc1. The van der Waals surface area contributed by atoms with Gasteiger partial charge in [0.2, 0.25) is 0 Å². The molecule has 37 heavy (non-hydrogen) atoms. The lowest BCUT2D eigenvalue weighted by Crippen LogP contribution is -2.54. The zero-order chi connectivity index (χ0) is 26.7. The Balaban J connectivity index is 1.61. The molecule has 4 rings (SSSR count). The molecule has 1 aliphatic heterocycles. The summed E-state index contributed by atoms with van der Waals surface area (Å²) >= 11 is 6.74. The van der Waals surface area contributed by atoms with Gasteiger partial charge in [0, 0.05) is 15.7 Å². The number of rotatable bonds is 6. The number of urea groups is 1. The fourth-order valence-corrected chi connectivity index (χ4v) is 4.82. The molecule has 1 heterocycles. The Kier molecular flexibility index (Phi) is 7.84. The maximum absolute atomic E-state index is 13.3. The van der Waals surface area contributed by atoms with Gasteiger partial charge in [-0.2, -0.15) is 0 Å². The fraction of sp³-hybridized carbons (Fsp3) is 0.0769. The van der Waals surface area contributed by atoms with E-state index in [1.807, 2.05) is 19.1 Å². The van der Waals surface area contributed by atoms with Gasteiger partial charge in [-0.25, -0.2) is 14.1 Å². The number of anilines is 2. The number of amides is 5. The molecular weight excluding hydrogens is 613 g/mol. The van der Waals surface area contributed by atoms with Crippen LogP contribution >= 0.6 is 31.9 Å². The van der Waals surface area contributed by atoms with Crippen molar-refractivity contribution in [3.05, 3.63) is 92.1 Å². The average Bonchev–Trinajstić information content (AvgIpc) is 2.83. The summed E-state index contributed by atoms with van der Waals surface area (Å²) in [7, 11) is 0. The van der Waals surface area contributed by atoms with Crippen LogP contribution in [-0.2, 0) is 14.4 Å². The van der Waals surface area contributed by atoms with Gasteiger partial charge in [0.25, 0.3) is 17.7 Å². The molecule has 188 valence electrons. The van der Waals surface area contributed by atoms with Crippen LogP contribution in [0, 0.1) is 12.7 Å². The maximum Gasteiger partial charge on any atom is 0.335 e. The van der Waals surface area contributed by atoms with Crippen LogP contribution in [0.3, 0.4) is 0 Å². The van der Waals surface area contributed by atoms with Crippen molar-refractivity contribution in [2.45, 2.75) is 6.92 Å². The van der Waals surface area contributed by atoms with Gasteiger partial charge < -0.3 is 10.1 Å². The van der Waals surface area contributed by atoms with E-state index in [1.165, 1.54) is 18.2 Å². The van der Waals surface area contributed by atoms with E-state index in [0.29, 0.717) is 14.6 Å². The third-order valence-corrected chi connectivity index (χ3v) is 6.25. The molecule has 0 unspecified atom stereocenters. The summed E-state index contributed by atoms with van der Waals surface area (Å²) in [5, 5.41) is 4.84. The smallest absolute Gasteiger partial charge is 0.335 e. The Morgan fingerprint density at radius 2 is 1.73 bits per heavy atom. The highest BCUT2D eigenvalue weighted by Gasteiger charge is 2.37. The summed E-state index contributed by atoms with van der Waals surface area (Å²) < 4.78 is 20.1. The van der Waals surface area contributed by atoms with Crippen LogP contribution in [0.2, 0.25) is 0 Å². The van der Waals surface area contributed by atoms with Crippen LogP contribution < -0.4 is 20.3 Å². The van der Waals surface area contributed by atoms with Gasteiger partial charge in [-0.3, -0.25) is 19.7 Å². The lowest BCUT2D eigenvalue weighted by molar-refractivity contribution is -0.122. The van der Waals surface area contributed by atoms with Crippen molar-refractivity contribution in [3.63, 3.8) is 0 Å². The van der Waals surface area contributed by atoms with E-state index >= 15 is 0 Å². The second-order valence-electron chi connectivity index (χ2n) is 7.94. The second kappa shape index (κ2) is 11.1. The normalized spacial score (nSPS) is 14.5. The first-order valence-electron chi connectivity index (χ1n) is 10.8. The zero-order valence-corrected chi connectivity index (χ0v) is 22.4. The van der Waals surface area contributed by atoms with Gasteiger partial charge in [0.1, 0.15) is 17.1 Å². The summed E-state index contributed by atoms with van der Waals surface area (Å²) in [5.74, 6) is -2.59. The first-order chi connectivity index (χ1) is 17.6. The Labute approximate surface area is 227 Å². The van der Waals surface area contributed by atoms with E-state index < -0.39 is 29.6 Å². The molecule has 3 aromatic carbocycles. The lowest BCUT2D eigenvalue weighted by atomic mass is 10.1. The van der Waals surface area contributed by atoms with E-state index in [9.17, 15) is 23.6 Å². The van der Waals surface area contributed by atoms with Gasteiger partial charge in [0.15, 0.2) is 6.61 Å². The first kappa shape index (κ1) is 26.2. The number of carbonyl (C=O) groups is 4. The van der Waals surface area contributed by atoms with Crippen LogP contribution in [0.1, 0.15) is 11.1 Å². The average molecular weight is 631 g/mol. The van der Waals surface area contributed by atoms with E-state index in [4.69, 9.17) is 4.74 Å². The molecular formula is C26H18Br2FN3O5. The van der Waals surface area contributed by atoms with Crippen LogP contribution in [0.15, 0.2) is 75.2 Å². The minimum Gasteiger partial charge on any atom is -0.482 e. The third-order valence-electron chi connectivity index (χ3n) is 5.21. The molecule has 11 heteroatoms. The van der Waals surface area contributed by atoms with Crippen LogP contribution in [0.4, 0.5) is 20.6 Å². The number of hydrogen-bond acceptors (Lipinski definition) is 5. The number of carbonyl (C=O) groups excluding carboxylic acids is 4. The molecule has 1 saturated heterocycles. The molecule has 0 spiro atoms. The Morgan fingerprint density at radius 1 is 1.05 bits per heavy atom. The van der Waals surface area contributed by atoms with Gasteiger partial charge >= 0.3 is 6.03 Å². The molecule has 0 radical (unpaired) electrons. The largest absolute Gasteiger partial charge is 0.482 e. The van der Waals surface area contributed by atoms with Crippen molar-refractivity contribution in [3.8, 4) is 5.75 Å². The number of imide groups is 2. The first-order valence-corrected chi connectivity index (χ1v) is 12.4. The highest BCUT2D eigenvalue weighted by Crippen LogP contribution is 2.35. The molecule has 0 bridgehead atoms. The minimum atomic E-state index is -0.960. The minimum absolute atomic E-state index is 0.0852. The number of benzene rings is 3. The van der Waals surface area contributed by atoms with Crippen LogP contribution in [0.5, 0.6) is 5.75 Å². The van der Waals surface area contributed by atoms with Crippen molar-refractivity contribution in [2.24, 2.45) is 0 Å². The van der Waals surface area contributed by atoms with E-state index in [0.717, 1.165) is 22.6 Å². The molecule has 1 fully saturated rings. The van der Waals surface area contributed by atoms with Crippen molar-refractivity contribution < 1.29 is 28.3 Å². The summed E-state index contributed by atoms with van der Waals surface area (Å²) in [6.07, 6.45) is 1.25. The summed E-state index contributed by atoms with van der Waals surface area (Å²) in [6.45, 7) is 1.58. The number of ether oxygens (including phenoxy) is 1. The Bertz CT molecular complexity index is 1440. The number of nitrogens with zero attached hydrogens (tertiary/aromatic N) is 1. The second-order valence-corrected chi connectivity index (χ2v) is 9.71. The maximum atomic E-state index is 13.3. The van der Waals surface area contributed by atoms with Crippen LogP contribution in [0.25, 0.3) is 6.08 Å². The van der Waals surface area contributed by atoms with Crippen molar-refractivity contribution in [1.82, 2.24) is 5.32 Å². The number of halogens is 3. The van der Waals surface area contributed by atoms with E-state index in [1.54, 1.807) is 24.3 Å². The predicted molar refractivity (Wildman–Crippen MR) is 143 cm³/mol. The van der Waals surface area contributed by atoms with Gasteiger partial charge in [-0.05, 0) is 77.5 Å². The van der Waals surface area contributed by atoms with Crippen molar-refractivity contribution in [1.29, 1.82) is 0 Å². The van der Waals surface area contributed by atoms with Crippen LogP contribution in [-0.4, -0.2) is 30.4 Å². The number of barbiturate groups is 1. The number of nitrogens with one attached hydrogen (secondary N) is 2. The summed E-state index contributed by atoms with van der Waals surface area (Å²) in [6, 6.07) is 14.2. The number of hydrogen-bond donors (Lipinski definition) is 2. The van der Waals surface area contributed by atoms with Gasteiger partial charge in [0.05, 0.1) is 10.2 Å². The quantitative estimate of drug-likeness (QED) is 0.283. The molecule has 3 aromatic rings. The van der Waals surface area contributed by atoms with Gasteiger partial charge in [-0.1, -0.05) is 33.6 Å². The number of aryl methyl sites for hydroxylation is 1. The highest BCUT2D eigenvalue weighted by molar-refractivity contribution is 9.11. The van der Waals surface area contributed by atoms with Crippen molar-refractivity contribution >= 4 is 73.1 Å². The molecule has 2 N–H and O–H groups in total. The molecule has 8 nitrogen and oxygen atoms in total. The zero-order valence-electron chi connectivity index (χ0n) is 19.2. The topological polar surface area (TPSA) is 105 Å². The molecule has 0 atom stereocenters. The predicted octanol–water partition coefficient (Wildman–Crippen LogP) is 5.34. The summed E-state index contributed by atoms with van der Waals surface area (Å²) in [4.78, 5) is 51.3. The van der Waals surface area contributed by atoms with Crippen molar-refractivity contribution in [2.75, 3.05) is 16.8 Å². The monoisotopic (exact) mass is 629 g/mol. The standard InChI is InChI=1S/C26H18Br2FN3O5/c1-14-2-6-18(7-3-14)30-22(33)13-37-23-15(10-16(27)12-21(23)28)11-20-24(34)31-26(36)32(25(20)35)19-8-4-17(29)5-9-19/h2-12H,13H2,1H3,(H,30,33)(H,31,34,36)/b20-11+. The van der Waals surface area contributed by atoms with E-state index in [2.05, 4.69) is 42.5 Å².